The zero-order chi connectivity index (χ0) is 11.8. The van der Waals surface area contributed by atoms with Gasteiger partial charge in [0, 0.05) is 12.0 Å². The van der Waals surface area contributed by atoms with Crippen molar-refractivity contribution in [2.24, 2.45) is 5.92 Å². The number of carbonyl (C=O) groups excluding carboxylic acids is 1. The van der Waals surface area contributed by atoms with Crippen LogP contribution in [0.2, 0.25) is 0 Å². The first kappa shape index (κ1) is 11.7. The first-order chi connectivity index (χ1) is 7.53. The van der Waals surface area contributed by atoms with Crippen molar-refractivity contribution in [3.63, 3.8) is 0 Å². The van der Waals surface area contributed by atoms with E-state index in [1.54, 1.807) is 0 Å². The highest BCUT2D eigenvalue weighted by Crippen LogP contribution is 2.35. The van der Waals surface area contributed by atoms with E-state index in [0.717, 1.165) is 32.5 Å². The van der Waals surface area contributed by atoms with E-state index >= 15 is 0 Å². The van der Waals surface area contributed by atoms with Gasteiger partial charge in [0.25, 0.3) is 0 Å². The third-order valence-electron chi connectivity index (χ3n) is 3.87. The van der Waals surface area contributed by atoms with Gasteiger partial charge in [-0.25, -0.2) is 4.79 Å². The highest BCUT2D eigenvalue weighted by molar-refractivity contribution is 5.71. The van der Waals surface area contributed by atoms with Gasteiger partial charge < -0.3 is 15.0 Å². The van der Waals surface area contributed by atoms with Crippen LogP contribution in [-0.4, -0.2) is 42.3 Å². The van der Waals surface area contributed by atoms with E-state index in [0.29, 0.717) is 5.92 Å². The SMILES string of the molecule is CC(C)N1CC(C)(C2CCNCC2)OC1=O. The molecule has 0 aromatic carbocycles. The lowest BCUT2D eigenvalue weighted by molar-refractivity contribution is 0.00940. The zero-order valence-electron chi connectivity index (χ0n) is 10.5. The van der Waals surface area contributed by atoms with E-state index in [9.17, 15) is 4.79 Å². The largest absolute Gasteiger partial charge is 0.441 e. The molecule has 2 fully saturated rings. The van der Waals surface area contributed by atoms with E-state index < -0.39 is 0 Å². The molecule has 16 heavy (non-hydrogen) atoms. The number of hydrogen-bond acceptors (Lipinski definition) is 3. The van der Waals surface area contributed by atoms with Crippen LogP contribution in [0.4, 0.5) is 4.79 Å². The average molecular weight is 226 g/mol. The molecule has 2 aliphatic rings. The van der Waals surface area contributed by atoms with Crippen molar-refractivity contribution in [3.05, 3.63) is 0 Å². The van der Waals surface area contributed by atoms with Gasteiger partial charge in [0.05, 0.1) is 6.54 Å². The van der Waals surface area contributed by atoms with Gasteiger partial charge in [0.2, 0.25) is 0 Å². The molecule has 1 amide bonds. The fourth-order valence-corrected chi connectivity index (χ4v) is 2.73. The molecule has 0 radical (unpaired) electrons. The number of piperidine rings is 1. The lowest BCUT2D eigenvalue weighted by Crippen LogP contribution is -2.45. The molecule has 2 rings (SSSR count). The summed E-state index contributed by atoms with van der Waals surface area (Å²) in [6.07, 6.45) is 2.07. The van der Waals surface area contributed by atoms with Gasteiger partial charge in [0.15, 0.2) is 0 Å². The summed E-state index contributed by atoms with van der Waals surface area (Å²) in [4.78, 5) is 13.6. The van der Waals surface area contributed by atoms with Crippen molar-refractivity contribution < 1.29 is 9.53 Å². The van der Waals surface area contributed by atoms with Crippen LogP contribution < -0.4 is 5.32 Å². The molecule has 0 saturated carbocycles. The predicted molar refractivity (Wildman–Crippen MR) is 62.3 cm³/mol. The first-order valence-corrected chi connectivity index (χ1v) is 6.23. The molecule has 0 aromatic rings. The Morgan fingerprint density at radius 2 is 2.06 bits per heavy atom. The number of amides is 1. The maximum Gasteiger partial charge on any atom is 0.410 e. The van der Waals surface area contributed by atoms with Gasteiger partial charge >= 0.3 is 6.09 Å². The second kappa shape index (κ2) is 4.24. The number of carbonyl (C=O) groups is 1. The molecule has 92 valence electrons. The summed E-state index contributed by atoms with van der Waals surface area (Å²) < 4.78 is 5.62. The number of hydrogen-bond donors (Lipinski definition) is 1. The summed E-state index contributed by atoms with van der Waals surface area (Å²) in [5.74, 6) is 0.501. The Hall–Kier alpha value is -0.770. The maximum atomic E-state index is 11.8. The predicted octanol–water partition coefficient (Wildman–Crippen LogP) is 1.61. The quantitative estimate of drug-likeness (QED) is 0.777. The fourth-order valence-electron chi connectivity index (χ4n) is 2.73. The molecule has 2 aliphatic heterocycles. The summed E-state index contributed by atoms with van der Waals surface area (Å²) in [7, 11) is 0. The third kappa shape index (κ3) is 2.03. The van der Waals surface area contributed by atoms with Crippen LogP contribution in [-0.2, 0) is 4.74 Å². The minimum atomic E-state index is -0.274. The van der Waals surface area contributed by atoms with Crippen molar-refractivity contribution in [2.45, 2.75) is 45.3 Å². The smallest absolute Gasteiger partial charge is 0.410 e. The van der Waals surface area contributed by atoms with E-state index in [4.69, 9.17) is 4.74 Å². The molecule has 0 aromatic heterocycles. The summed E-state index contributed by atoms with van der Waals surface area (Å²) in [5.41, 5.74) is -0.274. The van der Waals surface area contributed by atoms with Crippen molar-refractivity contribution in [1.82, 2.24) is 10.2 Å². The highest BCUT2D eigenvalue weighted by atomic mass is 16.6. The Balaban J connectivity index is 2.06. The molecule has 4 heteroatoms. The van der Waals surface area contributed by atoms with E-state index in [2.05, 4.69) is 12.2 Å². The summed E-state index contributed by atoms with van der Waals surface area (Å²) in [6.45, 7) is 8.99. The number of cyclic esters (lactones) is 1. The lowest BCUT2D eigenvalue weighted by atomic mass is 9.82. The summed E-state index contributed by atoms with van der Waals surface area (Å²) in [5, 5.41) is 3.35. The second-order valence-electron chi connectivity index (χ2n) is 5.43. The normalized spacial score (nSPS) is 32.2. The van der Waals surface area contributed by atoms with Gasteiger partial charge in [-0.05, 0) is 46.7 Å². The molecule has 2 heterocycles. The Morgan fingerprint density at radius 3 is 2.56 bits per heavy atom. The zero-order valence-corrected chi connectivity index (χ0v) is 10.5. The molecule has 1 atom stereocenters. The number of nitrogens with one attached hydrogen (secondary N) is 1. The summed E-state index contributed by atoms with van der Waals surface area (Å²) in [6, 6.07) is 0.232. The molecule has 1 N–H and O–H groups in total. The number of nitrogens with zero attached hydrogens (tertiary/aromatic N) is 1. The fraction of sp³-hybridized carbons (Fsp3) is 0.917. The van der Waals surface area contributed by atoms with Crippen LogP contribution in [0, 0.1) is 5.92 Å². The van der Waals surface area contributed by atoms with E-state index in [1.807, 2.05) is 18.7 Å². The van der Waals surface area contributed by atoms with Crippen molar-refractivity contribution >= 4 is 6.09 Å². The van der Waals surface area contributed by atoms with Crippen molar-refractivity contribution in [3.8, 4) is 0 Å². The topological polar surface area (TPSA) is 41.6 Å². The molecule has 0 bridgehead atoms. The third-order valence-corrected chi connectivity index (χ3v) is 3.87. The van der Waals surface area contributed by atoms with Crippen LogP contribution in [0.1, 0.15) is 33.6 Å². The van der Waals surface area contributed by atoms with Crippen LogP contribution >= 0.6 is 0 Å². The molecule has 4 nitrogen and oxygen atoms in total. The van der Waals surface area contributed by atoms with E-state index in [-0.39, 0.29) is 17.7 Å². The van der Waals surface area contributed by atoms with Crippen molar-refractivity contribution in [2.75, 3.05) is 19.6 Å². The lowest BCUT2D eigenvalue weighted by Gasteiger charge is -2.35. The Kier molecular flexibility index (Phi) is 3.10. The molecule has 0 aliphatic carbocycles. The average Bonchev–Trinajstić information content (AvgIpc) is 2.57. The number of rotatable bonds is 2. The maximum absolute atomic E-state index is 11.8. The minimum absolute atomic E-state index is 0.143. The van der Waals surface area contributed by atoms with Crippen LogP contribution in [0.15, 0.2) is 0 Å². The molecule has 2 saturated heterocycles. The van der Waals surface area contributed by atoms with Gasteiger partial charge in [0.1, 0.15) is 5.60 Å². The van der Waals surface area contributed by atoms with Crippen molar-refractivity contribution in [1.29, 1.82) is 0 Å². The Bertz CT molecular complexity index is 274. The second-order valence-corrected chi connectivity index (χ2v) is 5.43. The number of ether oxygens (including phenoxy) is 1. The van der Waals surface area contributed by atoms with Crippen LogP contribution in [0.25, 0.3) is 0 Å². The standard InChI is InChI=1S/C12H22N2O2/c1-9(2)14-8-12(3,16-11(14)15)10-4-6-13-7-5-10/h9-10,13H,4-8H2,1-3H3. The van der Waals surface area contributed by atoms with Crippen LogP contribution in [0.3, 0.4) is 0 Å². The highest BCUT2D eigenvalue weighted by Gasteiger charge is 2.47. The monoisotopic (exact) mass is 226 g/mol. The Labute approximate surface area is 97.3 Å². The molecular weight excluding hydrogens is 204 g/mol. The van der Waals surface area contributed by atoms with Gasteiger partial charge in [-0.2, -0.15) is 0 Å². The van der Waals surface area contributed by atoms with Gasteiger partial charge in [-0.1, -0.05) is 0 Å². The van der Waals surface area contributed by atoms with Gasteiger partial charge in [-0.15, -0.1) is 0 Å². The summed E-state index contributed by atoms with van der Waals surface area (Å²) >= 11 is 0. The van der Waals surface area contributed by atoms with Crippen LogP contribution in [0.5, 0.6) is 0 Å². The first-order valence-electron chi connectivity index (χ1n) is 6.23. The molecular formula is C12H22N2O2. The molecule has 0 spiro atoms. The van der Waals surface area contributed by atoms with E-state index in [1.165, 1.54) is 0 Å². The van der Waals surface area contributed by atoms with Gasteiger partial charge in [-0.3, -0.25) is 0 Å². The Morgan fingerprint density at radius 1 is 1.44 bits per heavy atom. The molecule has 1 unspecified atom stereocenters. The minimum Gasteiger partial charge on any atom is -0.441 e.